The SMILES string of the molecule is Cc1c(C(F)(F)F)nc2cccc(C)n2c1=O. The minimum atomic E-state index is -4.61. The van der Waals surface area contributed by atoms with Crippen LogP contribution in [0.2, 0.25) is 0 Å². The molecule has 17 heavy (non-hydrogen) atoms. The Balaban J connectivity index is 2.95. The van der Waals surface area contributed by atoms with Crippen LogP contribution in [0.25, 0.3) is 5.65 Å². The van der Waals surface area contributed by atoms with E-state index < -0.39 is 17.4 Å². The van der Waals surface area contributed by atoms with Crippen LogP contribution < -0.4 is 5.56 Å². The second-order valence-corrected chi connectivity index (χ2v) is 3.75. The molecule has 0 N–H and O–H groups in total. The minimum Gasteiger partial charge on any atom is -0.269 e. The first-order valence-corrected chi connectivity index (χ1v) is 4.88. The molecule has 2 heterocycles. The van der Waals surface area contributed by atoms with E-state index in [1.165, 1.54) is 10.5 Å². The van der Waals surface area contributed by atoms with Crippen LogP contribution in [-0.2, 0) is 6.18 Å². The first-order valence-electron chi connectivity index (χ1n) is 4.88. The lowest BCUT2D eigenvalue weighted by Gasteiger charge is -2.11. The van der Waals surface area contributed by atoms with Gasteiger partial charge in [0.25, 0.3) is 5.56 Å². The fourth-order valence-electron chi connectivity index (χ4n) is 1.70. The molecule has 0 bridgehead atoms. The number of halogens is 3. The van der Waals surface area contributed by atoms with Crippen molar-refractivity contribution in [2.45, 2.75) is 20.0 Å². The summed E-state index contributed by atoms with van der Waals surface area (Å²) in [7, 11) is 0. The Morgan fingerprint density at radius 2 is 1.88 bits per heavy atom. The van der Waals surface area contributed by atoms with Gasteiger partial charge in [0.05, 0.1) is 0 Å². The Kier molecular flexibility index (Phi) is 2.45. The van der Waals surface area contributed by atoms with Crippen LogP contribution >= 0.6 is 0 Å². The number of aromatic nitrogens is 2. The molecule has 6 heteroatoms. The first kappa shape index (κ1) is 11.6. The summed E-state index contributed by atoms with van der Waals surface area (Å²) in [4.78, 5) is 15.3. The summed E-state index contributed by atoms with van der Waals surface area (Å²) in [5, 5.41) is 0. The van der Waals surface area contributed by atoms with E-state index in [-0.39, 0.29) is 11.2 Å². The highest BCUT2D eigenvalue weighted by Gasteiger charge is 2.36. The Bertz CT molecular complexity index is 643. The van der Waals surface area contributed by atoms with Crippen LogP contribution in [0, 0.1) is 13.8 Å². The minimum absolute atomic E-state index is 0.00734. The van der Waals surface area contributed by atoms with Crippen molar-refractivity contribution in [3.63, 3.8) is 0 Å². The summed E-state index contributed by atoms with van der Waals surface area (Å²) in [6.45, 7) is 2.78. The second kappa shape index (κ2) is 3.58. The Morgan fingerprint density at radius 1 is 1.24 bits per heavy atom. The zero-order chi connectivity index (χ0) is 12.8. The van der Waals surface area contributed by atoms with E-state index in [9.17, 15) is 18.0 Å². The van der Waals surface area contributed by atoms with Crippen molar-refractivity contribution in [3.8, 4) is 0 Å². The second-order valence-electron chi connectivity index (χ2n) is 3.75. The van der Waals surface area contributed by atoms with Gasteiger partial charge in [-0.05, 0) is 26.0 Å². The number of alkyl halides is 3. The van der Waals surface area contributed by atoms with Gasteiger partial charge in [0.15, 0.2) is 5.69 Å². The van der Waals surface area contributed by atoms with E-state index in [2.05, 4.69) is 4.98 Å². The van der Waals surface area contributed by atoms with Gasteiger partial charge in [0.1, 0.15) is 5.65 Å². The normalized spacial score (nSPS) is 12.1. The standard InChI is InChI=1S/C11H9F3N2O/c1-6-4-3-5-8-15-9(11(12,13)14)7(2)10(17)16(6)8/h3-5H,1-2H3. The maximum Gasteiger partial charge on any atom is 0.433 e. The van der Waals surface area contributed by atoms with Crippen LogP contribution in [-0.4, -0.2) is 9.38 Å². The molecular formula is C11H9F3N2O. The highest BCUT2D eigenvalue weighted by atomic mass is 19.4. The fraction of sp³-hybridized carbons (Fsp3) is 0.273. The Morgan fingerprint density at radius 3 is 2.47 bits per heavy atom. The highest BCUT2D eigenvalue weighted by Crippen LogP contribution is 2.29. The maximum atomic E-state index is 12.6. The molecule has 0 aromatic carbocycles. The summed E-state index contributed by atoms with van der Waals surface area (Å²) in [5.41, 5.74) is -1.62. The Labute approximate surface area is 94.5 Å². The van der Waals surface area contributed by atoms with Crippen LogP contribution in [0.15, 0.2) is 23.0 Å². The fourth-order valence-corrected chi connectivity index (χ4v) is 1.70. The molecule has 0 fully saturated rings. The molecule has 0 aliphatic carbocycles. The molecule has 0 amide bonds. The molecule has 0 spiro atoms. The number of pyridine rings is 1. The van der Waals surface area contributed by atoms with Crippen LogP contribution in [0.4, 0.5) is 13.2 Å². The van der Waals surface area contributed by atoms with Gasteiger partial charge in [-0.2, -0.15) is 13.2 Å². The van der Waals surface area contributed by atoms with E-state index in [1.54, 1.807) is 19.1 Å². The number of nitrogens with zero attached hydrogens (tertiary/aromatic N) is 2. The van der Waals surface area contributed by atoms with Crippen molar-refractivity contribution in [1.29, 1.82) is 0 Å². The van der Waals surface area contributed by atoms with Gasteiger partial charge in [0, 0.05) is 11.3 Å². The monoisotopic (exact) mass is 242 g/mol. The summed E-state index contributed by atoms with van der Waals surface area (Å²) in [6.07, 6.45) is -4.61. The van der Waals surface area contributed by atoms with Gasteiger partial charge >= 0.3 is 6.18 Å². The van der Waals surface area contributed by atoms with E-state index in [4.69, 9.17) is 0 Å². The molecule has 0 aliphatic heterocycles. The molecular weight excluding hydrogens is 233 g/mol. The summed E-state index contributed by atoms with van der Waals surface area (Å²) in [5.74, 6) is 0. The largest absolute Gasteiger partial charge is 0.433 e. The van der Waals surface area contributed by atoms with Gasteiger partial charge in [-0.1, -0.05) is 6.07 Å². The average Bonchev–Trinajstić information content (AvgIpc) is 2.21. The van der Waals surface area contributed by atoms with Gasteiger partial charge < -0.3 is 0 Å². The maximum absolute atomic E-state index is 12.6. The summed E-state index contributed by atoms with van der Waals surface area (Å²) in [6, 6.07) is 4.58. The van der Waals surface area contributed by atoms with E-state index in [0.29, 0.717) is 5.69 Å². The van der Waals surface area contributed by atoms with Crippen molar-refractivity contribution in [2.75, 3.05) is 0 Å². The molecule has 2 rings (SSSR count). The van der Waals surface area contributed by atoms with Crippen molar-refractivity contribution in [2.24, 2.45) is 0 Å². The number of hydrogen-bond donors (Lipinski definition) is 0. The predicted octanol–water partition coefficient (Wildman–Crippen LogP) is 2.33. The lowest BCUT2D eigenvalue weighted by atomic mass is 10.2. The van der Waals surface area contributed by atoms with Crippen molar-refractivity contribution < 1.29 is 13.2 Å². The zero-order valence-electron chi connectivity index (χ0n) is 9.17. The van der Waals surface area contributed by atoms with Gasteiger partial charge in [0.2, 0.25) is 0 Å². The highest BCUT2D eigenvalue weighted by molar-refractivity contribution is 5.42. The third kappa shape index (κ3) is 1.79. The van der Waals surface area contributed by atoms with E-state index in [0.717, 1.165) is 6.92 Å². The number of rotatable bonds is 0. The lowest BCUT2D eigenvalue weighted by Crippen LogP contribution is -2.25. The first-order chi connectivity index (χ1) is 7.82. The summed E-state index contributed by atoms with van der Waals surface area (Å²) >= 11 is 0. The molecule has 2 aromatic heterocycles. The quantitative estimate of drug-likeness (QED) is 0.710. The molecule has 0 aliphatic rings. The number of aryl methyl sites for hydroxylation is 1. The molecule has 0 saturated heterocycles. The van der Waals surface area contributed by atoms with Crippen LogP contribution in [0.3, 0.4) is 0 Å². The van der Waals surface area contributed by atoms with Gasteiger partial charge in [-0.15, -0.1) is 0 Å². The van der Waals surface area contributed by atoms with Crippen LogP contribution in [0.1, 0.15) is 17.0 Å². The molecule has 0 radical (unpaired) electrons. The number of hydrogen-bond acceptors (Lipinski definition) is 2. The lowest BCUT2D eigenvalue weighted by molar-refractivity contribution is -0.141. The molecule has 0 atom stereocenters. The average molecular weight is 242 g/mol. The third-order valence-electron chi connectivity index (χ3n) is 2.54. The molecule has 2 aromatic rings. The zero-order valence-corrected chi connectivity index (χ0v) is 9.17. The topological polar surface area (TPSA) is 34.4 Å². The van der Waals surface area contributed by atoms with Crippen molar-refractivity contribution in [3.05, 3.63) is 45.5 Å². The molecule has 0 saturated carbocycles. The Hall–Kier alpha value is -1.85. The third-order valence-corrected chi connectivity index (χ3v) is 2.54. The molecule has 90 valence electrons. The van der Waals surface area contributed by atoms with E-state index in [1.807, 2.05) is 0 Å². The molecule has 0 unspecified atom stereocenters. The summed E-state index contributed by atoms with van der Waals surface area (Å²) < 4.78 is 39.1. The smallest absolute Gasteiger partial charge is 0.269 e. The molecule has 3 nitrogen and oxygen atoms in total. The van der Waals surface area contributed by atoms with Crippen molar-refractivity contribution >= 4 is 5.65 Å². The van der Waals surface area contributed by atoms with Gasteiger partial charge in [-0.25, -0.2) is 4.98 Å². The predicted molar refractivity (Wildman–Crippen MR) is 55.9 cm³/mol. The van der Waals surface area contributed by atoms with Gasteiger partial charge in [-0.3, -0.25) is 9.20 Å². The van der Waals surface area contributed by atoms with E-state index >= 15 is 0 Å². The number of fused-ring (bicyclic) bond motifs is 1. The van der Waals surface area contributed by atoms with Crippen LogP contribution in [0.5, 0.6) is 0 Å². The van der Waals surface area contributed by atoms with Crippen molar-refractivity contribution in [1.82, 2.24) is 9.38 Å².